The number of hydrogen-bond donors (Lipinski definition) is 1. The van der Waals surface area contributed by atoms with Crippen molar-refractivity contribution >= 4 is 40.0 Å². The number of hydrogen-bond acceptors (Lipinski definition) is 6. The summed E-state index contributed by atoms with van der Waals surface area (Å²) < 4.78 is 8.39. The third-order valence-electron chi connectivity index (χ3n) is 7.26. The Kier molecular flexibility index (Phi) is 8.72. The van der Waals surface area contributed by atoms with E-state index in [0.717, 1.165) is 54.8 Å². The monoisotopic (exact) mass is 613 g/mol. The van der Waals surface area contributed by atoms with Crippen LogP contribution in [0.1, 0.15) is 62.3 Å². The van der Waals surface area contributed by atoms with Gasteiger partial charge in [-0.2, -0.15) is 0 Å². The Morgan fingerprint density at radius 2 is 1.77 bits per heavy atom. The van der Waals surface area contributed by atoms with Crippen LogP contribution in [0.3, 0.4) is 0 Å². The number of carbonyl (C=O) groups is 1. The van der Waals surface area contributed by atoms with Gasteiger partial charge in [0.05, 0.1) is 26.7 Å². The molecule has 8 heteroatoms. The molecule has 3 heterocycles. The molecule has 1 N–H and O–H groups in total. The molecule has 0 spiro atoms. The highest BCUT2D eigenvalue weighted by atomic mass is 32.2. The number of thioether (sulfide) groups is 1. The lowest BCUT2D eigenvalue weighted by Crippen LogP contribution is -2.28. The first-order valence-corrected chi connectivity index (χ1v) is 16.1. The van der Waals surface area contributed by atoms with Crippen LogP contribution in [0.2, 0.25) is 0 Å². The summed E-state index contributed by atoms with van der Waals surface area (Å²) >= 11 is 3.49. The fourth-order valence-corrected chi connectivity index (χ4v) is 7.21. The van der Waals surface area contributed by atoms with E-state index in [0.29, 0.717) is 19.6 Å². The summed E-state index contributed by atoms with van der Waals surface area (Å²) in [7, 11) is 0. The van der Waals surface area contributed by atoms with Crippen molar-refractivity contribution in [3.8, 4) is 16.2 Å². The van der Waals surface area contributed by atoms with Gasteiger partial charge in [0, 0.05) is 45.4 Å². The van der Waals surface area contributed by atoms with Gasteiger partial charge in [-0.05, 0) is 69.2 Å². The Labute approximate surface area is 262 Å². The summed E-state index contributed by atoms with van der Waals surface area (Å²) in [6.07, 6.45) is 2.17. The number of carboxylic acids is 1. The Bertz CT molecular complexity index is 1750. The Balaban J connectivity index is 1.59. The van der Waals surface area contributed by atoms with Gasteiger partial charge in [0.1, 0.15) is 12.4 Å². The van der Waals surface area contributed by atoms with Crippen LogP contribution in [-0.2, 0) is 24.4 Å². The largest absolute Gasteiger partial charge is 0.487 e. The van der Waals surface area contributed by atoms with E-state index in [1.54, 1.807) is 43.1 Å². The van der Waals surface area contributed by atoms with E-state index in [1.807, 2.05) is 31.2 Å². The molecule has 6 nitrogen and oxygen atoms in total. The summed E-state index contributed by atoms with van der Waals surface area (Å²) in [4.78, 5) is 23.6. The normalized spacial score (nSPS) is 12.2. The lowest BCUT2D eigenvalue weighted by Gasteiger charge is -2.24. The van der Waals surface area contributed by atoms with Gasteiger partial charge in [0.25, 0.3) is 0 Å². The SMILES string of the molecule is Cc1nc(C)c(-c2ccc(Cn3c(CC(C)(C)C(=O)O)c(SC(C)(C)C)c4cc(OCc5ccccn5)ccc43)cc2)s1. The quantitative estimate of drug-likeness (QED) is 0.159. The van der Waals surface area contributed by atoms with Crippen molar-refractivity contribution < 1.29 is 14.6 Å². The number of aliphatic carboxylic acids is 1. The number of aromatic nitrogens is 3. The summed E-state index contributed by atoms with van der Waals surface area (Å²) in [5.41, 5.74) is 5.37. The zero-order valence-corrected chi connectivity index (χ0v) is 27.5. The van der Waals surface area contributed by atoms with Crippen molar-refractivity contribution in [1.82, 2.24) is 14.5 Å². The van der Waals surface area contributed by atoms with Crippen LogP contribution in [0, 0.1) is 19.3 Å². The van der Waals surface area contributed by atoms with Crippen LogP contribution in [0.25, 0.3) is 21.3 Å². The second-order valence-electron chi connectivity index (χ2n) is 12.6. The Morgan fingerprint density at radius 1 is 1.02 bits per heavy atom. The first-order chi connectivity index (χ1) is 20.3. The average molecular weight is 614 g/mol. The number of nitrogens with zero attached hydrogens (tertiary/aromatic N) is 3. The number of thiazole rings is 1. The smallest absolute Gasteiger partial charge is 0.309 e. The Hall–Kier alpha value is -3.62. The molecule has 5 aromatic rings. The van der Waals surface area contributed by atoms with Gasteiger partial charge in [0.15, 0.2) is 0 Å². The van der Waals surface area contributed by atoms with E-state index < -0.39 is 11.4 Å². The first-order valence-electron chi connectivity index (χ1n) is 14.4. The van der Waals surface area contributed by atoms with Gasteiger partial charge in [-0.3, -0.25) is 9.78 Å². The van der Waals surface area contributed by atoms with Crippen molar-refractivity contribution in [2.75, 3.05) is 0 Å². The highest BCUT2D eigenvalue weighted by Crippen LogP contribution is 2.44. The number of carboxylic acid groups (broad SMARTS) is 1. The predicted molar refractivity (Wildman–Crippen MR) is 177 cm³/mol. The second-order valence-corrected chi connectivity index (χ2v) is 15.6. The molecule has 0 bridgehead atoms. The number of pyridine rings is 1. The summed E-state index contributed by atoms with van der Waals surface area (Å²) in [5, 5.41) is 12.3. The highest BCUT2D eigenvalue weighted by Gasteiger charge is 2.33. The van der Waals surface area contributed by atoms with Crippen molar-refractivity contribution in [2.45, 2.75) is 77.7 Å². The number of aryl methyl sites for hydroxylation is 2. The predicted octanol–water partition coefficient (Wildman–Crippen LogP) is 8.95. The number of rotatable bonds is 10. The fourth-order valence-electron chi connectivity index (χ4n) is 5.10. The third kappa shape index (κ3) is 7.13. The molecule has 0 amide bonds. The molecule has 0 unspecified atom stereocenters. The fraction of sp³-hybridized carbons (Fsp3) is 0.343. The van der Waals surface area contributed by atoms with E-state index >= 15 is 0 Å². The maximum absolute atomic E-state index is 12.3. The molecule has 0 fully saturated rings. The lowest BCUT2D eigenvalue weighted by molar-refractivity contribution is -0.146. The molecule has 0 radical (unpaired) electrons. The van der Waals surface area contributed by atoms with Gasteiger partial charge in [-0.1, -0.05) is 51.1 Å². The van der Waals surface area contributed by atoms with Crippen molar-refractivity contribution in [3.63, 3.8) is 0 Å². The molecule has 224 valence electrons. The molecule has 0 aliphatic carbocycles. The van der Waals surface area contributed by atoms with Crippen LogP contribution in [-0.4, -0.2) is 30.4 Å². The molecule has 5 rings (SSSR count). The average Bonchev–Trinajstić information content (AvgIpc) is 3.42. The zero-order chi connectivity index (χ0) is 30.9. The topological polar surface area (TPSA) is 77.2 Å². The third-order valence-corrected chi connectivity index (χ3v) is 9.66. The number of fused-ring (bicyclic) bond motifs is 1. The van der Waals surface area contributed by atoms with E-state index in [1.165, 1.54) is 4.88 Å². The highest BCUT2D eigenvalue weighted by molar-refractivity contribution is 8.00. The number of benzene rings is 2. The molecule has 0 atom stereocenters. The van der Waals surface area contributed by atoms with Crippen LogP contribution in [0.4, 0.5) is 0 Å². The summed E-state index contributed by atoms with van der Waals surface area (Å²) in [6, 6.07) is 20.7. The first kappa shape index (κ1) is 30.8. The van der Waals surface area contributed by atoms with Gasteiger partial charge in [-0.15, -0.1) is 23.1 Å². The number of ether oxygens (including phenoxy) is 1. The minimum absolute atomic E-state index is 0.0849. The molecule has 3 aromatic heterocycles. The van der Waals surface area contributed by atoms with E-state index in [-0.39, 0.29) is 4.75 Å². The van der Waals surface area contributed by atoms with E-state index in [4.69, 9.17) is 4.74 Å². The standard InChI is InChI=1S/C35H39N3O3S2/c1-22-31(42-23(2)37-22)25-13-11-24(12-14-25)20-38-29-16-15-27(41-21-26-10-8-9-17-36-26)18-28(29)32(43-34(3,4)5)30(38)19-35(6,7)33(39)40/h8-18H,19-21H2,1-7H3,(H,39,40). The molecular weight excluding hydrogens is 575 g/mol. The van der Waals surface area contributed by atoms with E-state index in [9.17, 15) is 9.90 Å². The molecule has 0 aliphatic rings. The van der Waals surface area contributed by atoms with E-state index in [2.05, 4.69) is 78.6 Å². The van der Waals surface area contributed by atoms with Crippen LogP contribution >= 0.6 is 23.1 Å². The molecule has 43 heavy (non-hydrogen) atoms. The van der Waals surface area contributed by atoms with Gasteiger partial charge >= 0.3 is 5.97 Å². The summed E-state index contributed by atoms with van der Waals surface area (Å²) in [6.45, 7) is 15.3. The molecule has 0 aliphatic heterocycles. The zero-order valence-electron chi connectivity index (χ0n) is 25.9. The van der Waals surface area contributed by atoms with Crippen molar-refractivity contribution in [3.05, 3.63) is 94.5 Å². The minimum Gasteiger partial charge on any atom is -0.487 e. The van der Waals surface area contributed by atoms with Crippen molar-refractivity contribution in [2.24, 2.45) is 5.41 Å². The lowest BCUT2D eigenvalue weighted by atomic mass is 9.88. The van der Waals surface area contributed by atoms with Crippen LogP contribution < -0.4 is 4.74 Å². The van der Waals surface area contributed by atoms with Gasteiger partial charge in [-0.25, -0.2) is 4.98 Å². The molecular formula is C35H39N3O3S2. The van der Waals surface area contributed by atoms with Crippen LogP contribution in [0.5, 0.6) is 5.75 Å². The van der Waals surface area contributed by atoms with Crippen molar-refractivity contribution in [1.29, 1.82) is 0 Å². The maximum atomic E-state index is 12.3. The molecule has 0 saturated heterocycles. The van der Waals surface area contributed by atoms with Gasteiger partial charge in [0.2, 0.25) is 0 Å². The molecule has 2 aromatic carbocycles. The molecule has 0 saturated carbocycles. The van der Waals surface area contributed by atoms with Gasteiger partial charge < -0.3 is 14.4 Å². The maximum Gasteiger partial charge on any atom is 0.309 e. The summed E-state index contributed by atoms with van der Waals surface area (Å²) in [5.74, 6) is -0.0512. The second kappa shape index (κ2) is 12.2. The minimum atomic E-state index is -0.941. The Morgan fingerprint density at radius 3 is 2.37 bits per heavy atom. The van der Waals surface area contributed by atoms with Crippen LogP contribution in [0.15, 0.2) is 71.8 Å².